The molecule has 0 bridgehead atoms. The van der Waals surface area contributed by atoms with E-state index in [4.69, 9.17) is 0 Å². The van der Waals surface area contributed by atoms with Crippen molar-refractivity contribution in [3.63, 3.8) is 0 Å². The summed E-state index contributed by atoms with van der Waals surface area (Å²) in [5.74, 6) is -4.63. The highest BCUT2D eigenvalue weighted by Gasteiger charge is 2.38. The molecule has 0 spiro atoms. The molecule has 0 heterocycles. The van der Waals surface area contributed by atoms with E-state index in [1.54, 1.807) is 136 Å². The van der Waals surface area contributed by atoms with Crippen LogP contribution in [0.5, 0.6) is 0 Å². The Bertz CT molecular complexity index is 1800. The monoisotopic (exact) mass is 1560 g/mol. The molecule has 2 rings (SSSR count). The quantitative estimate of drug-likeness (QED) is 0.0617. The summed E-state index contributed by atoms with van der Waals surface area (Å²) in [5.41, 5.74) is -2.63. The van der Waals surface area contributed by atoms with Crippen molar-refractivity contribution < 1.29 is 74.7 Å². The van der Waals surface area contributed by atoms with Gasteiger partial charge in [-0.1, -0.05) is 0 Å². The van der Waals surface area contributed by atoms with Gasteiger partial charge in [0, 0.05) is 47.2 Å². The largest absolute Gasteiger partial charge is 0.394 e. The Balaban J connectivity index is 2.91. The Morgan fingerprint density at radius 1 is 0.476 bits per heavy atom. The van der Waals surface area contributed by atoms with Crippen molar-refractivity contribution >= 4 is 182 Å². The van der Waals surface area contributed by atoms with Gasteiger partial charge in [0.05, 0.1) is 117 Å². The molecule has 0 saturated carbocycles. The predicted octanol–water partition coefficient (Wildman–Crippen LogP) is -1.20. The highest BCUT2D eigenvalue weighted by Crippen LogP contribution is 2.41. The van der Waals surface area contributed by atoms with Crippen molar-refractivity contribution in [1.82, 2.24) is 21.3 Å². The molecule has 0 radical (unpaired) electrons. The summed E-state index contributed by atoms with van der Waals surface area (Å²) in [6.07, 6.45) is -5.35. The maximum Gasteiger partial charge on any atom is 0.253 e. The lowest BCUT2D eigenvalue weighted by atomic mass is 10.0. The molecule has 0 aromatic heterocycles. The lowest BCUT2D eigenvalue weighted by Gasteiger charge is -2.37. The van der Waals surface area contributed by atoms with E-state index in [9.17, 15) is 74.7 Å². The zero-order valence-electron chi connectivity index (χ0n) is 33.5. The third kappa shape index (κ3) is 15.7. The van der Waals surface area contributed by atoms with E-state index in [1.165, 1.54) is 6.92 Å². The molecule has 13 N–H and O–H groups in total. The normalized spacial score (nSPS) is 14.1. The van der Waals surface area contributed by atoms with Crippen molar-refractivity contribution in [2.24, 2.45) is 0 Å². The van der Waals surface area contributed by atoms with Crippen LogP contribution in [0.25, 0.3) is 0 Å². The molecule has 0 aliphatic carbocycles. The van der Waals surface area contributed by atoms with Crippen molar-refractivity contribution in [2.75, 3.05) is 75.5 Å². The van der Waals surface area contributed by atoms with Crippen LogP contribution in [-0.4, -0.2) is 177 Å². The minimum Gasteiger partial charge on any atom is -0.394 e. The van der Waals surface area contributed by atoms with Crippen LogP contribution in [0.15, 0.2) is 0 Å². The van der Waals surface area contributed by atoms with Crippen LogP contribution in [0.1, 0.15) is 62.2 Å². The fraction of sp³-hybridized carbons (Fsp3) is 0.500. The number of nitrogens with one attached hydrogen (secondary N) is 4. The fourth-order valence-electron chi connectivity index (χ4n) is 5.45. The number of hydrogen-bond acceptors (Lipinski definition) is 15. The van der Waals surface area contributed by atoms with E-state index in [2.05, 4.69) is 21.3 Å². The number of hydrogen-bond donors (Lipinski definition) is 13. The molecule has 27 heteroatoms. The molecule has 0 saturated heterocycles. The van der Waals surface area contributed by atoms with Gasteiger partial charge in [-0.3, -0.25) is 28.8 Å². The number of aliphatic hydroxyl groups excluding tert-OH is 8. The minimum atomic E-state index is -2.08. The van der Waals surface area contributed by atoms with Crippen molar-refractivity contribution in [3.05, 3.63) is 43.7 Å². The van der Waals surface area contributed by atoms with E-state index < -0.39 is 131 Å². The van der Waals surface area contributed by atoms with Crippen LogP contribution >= 0.6 is 136 Å². The van der Waals surface area contributed by atoms with E-state index in [0.717, 1.165) is 23.6 Å². The molecular weight excluding hydrogens is 1520 g/mol. The number of amides is 6. The number of rotatable bonds is 22. The van der Waals surface area contributed by atoms with Gasteiger partial charge in [-0.15, -0.1) is 0 Å². The van der Waals surface area contributed by atoms with Crippen LogP contribution in [0.3, 0.4) is 0 Å². The number of benzene rings is 2. The average molecular weight is 1560 g/mol. The third-order valence-electron chi connectivity index (χ3n) is 8.63. The van der Waals surface area contributed by atoms with E-state index in [0.29, 0.717) is 0 Å². The second-order valence-corrected chi connectivity index (χ2v) is 20.4. The summed E-state index contributed by atoms with van der Waals surface area (Å²) < 4.78 is 0.645. The highest BCUT2D eigenvalue weighted by molar-refractivity contribution is 14.1. The summed E-state index contributed by atoms with van der Waals surface area (Å²) in [5, 5.41) is 99.2. The number of carbonyl (C=O) groups is 6. The summed E-state index contributed by atoms with van der Waals surface area (Å²) >= 11 is 10.7. The molecule has 63 heavy (non-hydrogen) atoms. The summed E-state index contributed by atoms with van der Waals surface area (Å²) in [4.78, 5) is 84.3. The molecule has 2 aromatic rings. The first-order valence-electron chi connectivity index (χ1n) is 18.3. The second-order valence-electron chi connectivity index (χ2n) is 14.0. The van der Waals surface area contributed by atoms with E-state index >= 15 is 0 Å². The van der Waals surface area contributed by atoms with Crippen LogP contribution in [0.4, 0.5) is 11.4 Å². The lowest BCUT2D eigenvalue weighted by molar-refractivity contribution is -0.117. The van der Waals surface area contributed by atoms with Gasteiger partial charge in [0.2, 0.25) is 11.8 Å². The van der Waals surface area contributed by atoms with Gasteiger partial charge < -0.3 is 77.0 Å². The van der Waals surface area contributed by atoms with Crippen molar-refractivity contribution in [2.45, 2.75) is 50.8 Å². The van der Waals surface area contributed by atoms with E-state index in [1.807, 2.05) is 0 Å². The maximum absolute atomic E-state index is 13.7. The standard InChI is InChI=1S/C36H46I6N6O15/c1-14(53)47(30-26(39)20(32(59)43-4-16(55)8-49)24(37)21(27(30)40)33(60)44-5-17(56)9-50)12-36(3,63)13-48(15(2)54)31-28(41)22(34(61)45-6-18(57)10-51)25(38)23(29(31)42)35(62)46-7-19(58)11-52/h16-19,49-52,55-58,63H,4-13H2,1-3H3,(H,43,59)(H,44,60)(H,45,61)(H,46,62). The number of halogens is 6. The SMILES string of the molecule is CC(=O)N(CC(C)(O)CN(C(C)=O)c1c(I)c(C(=O)NCC(O)CO)c(I)c(C(=O)NCC(O)CO)c1I)c1c(I)c(C(=O)NCC(O)CO)c(I)c(C(=O)NCC(O)CO)c1I. The Morgan fingerprint density at radius 2 is 0.683 bits per heavy atom. The smallest absolute Gasteiger partial charge is 0.253 e. The lowest BCUT2D eigenvalue weighted by Crippen LogP contribution is -2.52. The first-order valence-corrected chi connectivity index (χ1v) is 24.8. The van der Waals surface area contributed by atoms with Gasteiger partial charge in [-0.25, -0.2) is 0 Å². The molecule has 2 aromatic carbocycles. The summed E-state index contributed by atoms with van der Waals surface area (Å²) in [6.45, 7) is -1.89. The first kappa shape index (κ1) is 58.4. The summed E-state index contributed by atoms with van der Waals surface area (Å²) in [6, 6.07) is 0. The van der Waals surface area contributed by atoms with Gasteiger partial charge in [-0.05, 0) is 142 Å². The third-order valence-corrected chi connectivity index (χ3v) is 15.0. The number of carbonyl (C=O) groups excluding carboxylic acids is 6. The summed E-state index contributed by atoms with van der Waals surface area (Å²) in [7, 11) is 0. The Hall–Kier alpha value is -0.720. The van der Waals surface area contributed by atoms with Gasteiger partial charge in [-0.2, -0.15) is 0 Å². The Kier molecular flexibility index (Phi) is 24.8. The molecule has 21 nitrogen and oxygen atoms in total. The average Bonchev–Trinajstić information content (AvgIpc) is 3.21. The van der Waals surface area contributed by atoms with Gasteiger partial charge in [0.25, 0.3) is 23.6 Å². The van der Waals surface area contributed by atoms with Crippen LogP contribution < -0.4 is 31.1 Å². The zero-order chi connectivity index (χ0) is 48.3. The zero-order valence-corrected chi connectivity index (χ0v) is 46.5. The molecule has 0 aliphatic heterocycles. The van der Waals surface area contributed by atoms with Crippen molar-refractivity contribution in [3.8, 4) is 0 Å². The number of aliphatic hydroxyl groups is 9. The molecular formula is C36H46I6N6O15. The highest BCUT2D eigenvalue weighted by atomic mass is 127. The number of anilines is 2. The van der Waals surface area contributed by atoms with Crippen LogP contribution in [0.2, 0.25) is 0 Å². The van der Waals surface area contributed by atoms with Crippen LogP contribution in [0, 0.1) is 21.4 Å². The maximum atomic E-state index is 13.7. The molecule has 4 atom stereocenters. The van der Waals surface area contributed by atoms with Gasteiger partial charge in [0.15, 0.2) is 0 Å². The topological polar surface area (TPSA) is 339 Å². The second kappa shape index (κ2) is 26.7. The Labute approximate surface area is 443 Å². The first-order chi connectivity index (χ1) is 29.3. The molecule has 352 valence electrons. The minimum absolute atomic E-state index is 0.0223. The molecule has 6 amide bonds. The molecule has 0 aliphatic rings. The fourth-order valence-corrected chi connectivity index (χ4v) is 14.9. The van der Waals surface area contributed by atoms with Crippen LogP contribution in [-0.2, 0) is 9.59 Å². The molecule has 4 unspecified atom stereocenters. The van der Waals surface area contributed by atoms with E-state index in [-0.39, 0.29) is 55.0 Å². The van der Waals surface area contributed by atoms with Gasteiger partial charge in [0.1, 0.15) is 0 Å². The van der Waals surface area contributed by atoms with Crippen molar-refractivity contribution in [1.29, 1.82) is 0 Å². The molecule has 0 fully saturated rings. The van der Waals surface area contributed by atoms with Gasteiger partial charge >= 0.3 is 0 Å². The predicted molar refractivity (Wildman–Crippen MR) is 278 cm³/mol. The number of nitrogens with zero attached hydrogens (tertiary/aromatic N) is 2. The Morgan fingerprint density at radius 3 is 0.857 bits per heavy atom.